The van der Waals surface area contributed by atoms with Gasteiger partial charge in [0.15, 0.2) is 6.10 Å². The Morgan fingerprint density at radius 3 is 2.75 bits per heavy atom. The molecule has 1 fully saturated rings. The Morgan fingerprint density at radius 1 is 1.45 bits per heavy atom. The first kappa shape index (κ1) is 14.8. The smallest absolute Gasteiger partial charge is 0.262 e. The summed E-state index contributed by atoms with van der Waals surface area (Å²) in [5.41, 5.74) is 0.830. The molecule has 1 N–H and O–H groups in total. The summed E-state index contributed by atoms with van der Waals surface area (Å²) in [5, 5.41) is 3.32. The zero-order valence-corrected chi connectivity index (χ0v) is 12.1. The lowest BCUT2D eigenvalue weighted by atomic mass is 10.2. The zero-order valence-electron chi connectivity index (χ0n) is 12.1. The highest BCUT2D eigenvalue weighted by atomic mass is 19.1. The molecule has 1 saturated carbocycles. The van der Waals surface area contributed by atoms with Gasteiger partial charge in [-0.3, -0.25) is 4.79 Å². The Labute approximate surface area is 118 Å². The van der Waals surface area contributed by atoms with Gasteiger partial charge in [0.1, 0.15) is 11.6 Å². The number of carbonyl (C=O) groups excluding carboxylic acids is 1. The molecule has 1 aromatic carbocycles. The van der Waals surface area contributed by atoms with Crippen molar-refractivity contribution < 1.29 is 13.9 Å². The number of halogens is 1. The monoisotopic (exact) mass is 280 g/mol. The number of hydrogen-bond acceptors (Lipinski definition) is 3. The molecule has 20 heavy (non-hydrogen) atoms. The van der Waals surface area contributed by atoms with E-state index < -0.39 is 6.10 Å². The fourth-order valence-electron chi connectivity index (χ4n) is 1.96. The highest BCUT2D eigenvalue weighted by Gasteiger charge is 2.20. The molecule has 0 spiro atoms. The van der Waals surface area contributed by atoms with Gasteiger partial charge in [0.2, 0.25) is 0 Å². The molecule has 110 valence electrons. The van der Waals surface area contributed by atoms with Crippen LogP contribution in [0.5, 0.6) is 5.75 Å². The van der Waals surface area contributed by atoms with Gasteiger partial charge < -0.3 is 15.0 Å². The molecule has 5 heteroatoms. The number of amides is 1. The van der Waals surface area contributed by atoms with Gasteiger partial charge in [-0.25, -0.2) is 4.39 Å². The van der Waals surface area contributed by atoms with Crippen molar-refractivity contribution in [3.8, 4) is 5.75 Å². The molecule has 0 heterocycles. The Hall–Kier alpha value is -1.62. The van der Waals surface area contributed by atoms with Gasteiger partial charge in [-0.05, 0) is 37.5 Å². The molecule has 1 aliphatic rings. The van der Waals surface area contributed by atoms with Crippen LogP contribution in [0.2, 0.25) is 0 Å². The molecule has 4 nitrogen and oxygen atoms in total. The van der Waals surface area contributed by atoms with E-state index in [4.69, 9.17) is 4.74 Å². The minimum Gasteiger partial charge on any atom is -0.481 e. The van der Waals surface area contributed by atoms with Crippen LogP contribution in [0.15, 0.2) is 18.2 Å². The van der Waals surface area contributed by atoms with E-state index in [2.05, 4.69) is 5.32 Å². The van der Waals surface area contributed by atoms with Gasteiger partial charge in [0, 0.05) is 32.7 Å². The molecule has 2 rings (SSSR count). The van der Waals surface area contributed by atoms with Crippen LogP contribution in [0.25, 0.3) is 0 Å². The average Bonchev–Trinajstić information content (AvgIpc) is 3.18. The van der Waals surface area contributed by atoms with Crippen molar-refractivity contribution in [1.82, 2.24) is 10.2 Å². The summed E-state index contributed by atoms with van der Waals surface area (Å²) in [4.78, 5) is 13.2. The van der Waals surface area contributed by atoms with E-state index in [0.29, 0.717) is 18.3 Å². The standard InChI is InChI=1S/C15H21FN2O2/c1-10(15(19)18(2)3)20-14-7-11(6-12(16)8-14)9-17-13-4-5-13/h6-8,10,13,17H,4-5,9H2,1-3H3. The largest absolute Gasteiger partial charge is 0.481 e. The summed E-state index contributed by atoms with van der Waals surface area (Å²) in [7, 11) is 3.33. The molecular formula is C15H21FN2O2. The fourth-order valence-corrected chi connectivity index (χ4v) is 1.96. The second kappa shape index (κ2) is 6.22. The van der Waals surface area contributed by atoms with E-state index in [1.807, 2.05) is 0 Å². The molecular weight excluding hydrogens is 259 g/mol. The number of rotatable bonds is 6. The van der Waals surface area contributed by atoms with Crippen LogP contribution in [0.4, 0.5) is 4.39 Å². The Morgan fingerprint density at radius 2 is 2.15 bits per heavy atom. The Balaban J connectivity index is 2.00. The van der Waals surface area contributed by atoms with Crippen LogP contribution in [-0.2, 0) is 11.3 Å². The summed E-state index contributed by atoms with van der Waals surface area (Å²) in [6.45, 7) is 2.28. The Kier molecular flexibility index (Phi) is 4.60. The SMILES string of the molecule is CC(Oc1cc(F)cc(CNC2CC2)c1)C(=O)N(C)C. The topological polar surface area (TPSA) is 41.6 Å². The lowest BCUT2D eigenvalue weighted by molar-refractivity contribution is -0.135. The molecule has 0 aliphatic heterocycles. The maximum atomic E-state index is 13.6. The van der Waals surface area contributed by atoms with Gasteiger partial charge in [-0.15, -0.1) is 0 Å². The highest BCUT2D eigenvalue weighted by Crippen LogP contribution is 2.21. The third-order valence-corrected chi connectivity index (χ3v) is 3.20. The second-order valence-corrected chi connectivity index (χ2v) is 5.44. The predicted octanol–water partition coefficient (Wildman–Crippen LogP) is 1.93. The first-order chi connectivity index (χ1) is 9.45. The minimum absolute atomic E-state index is 0.146. The molecule has 1 aromatic rings. The number of ether oxygens (including phenoxy) is 1. The van der Waals surface area contributed by atoms with Crippen molar-refractivity contribution in [2.75, 3.05) is 14.1 Å². The van der Waals surface area contributed by atoms with Crippen LogP contribution in [-0.4, -0.2) is 37.0 Å². The van der Waals surface area contributed by atoms with Gasteiger partial charge in [0.05, 0.1) is 0 Å². The number of likely N-dealkylation sites (N-methyl/N-ethyl adjacent to an activating group) is 1. The van der Waals surface area contributed by atoms with E-state index in [9.17, 15) is 9.18 Å². The van der Waals surface area contributed by atoms with Gasteiger partial charge in [-0.1, -0.05) is 0 Å². The molecule has 0 bridgehead atoms. The maximum Gasteiger partial charge on any atom is 0.262 e. The number of hydrogen-bond donors (Lipinski definition) is 1. The van der Waals surface area contributed by atoms with E-state index in [0.717, 1.165) is 5.56 Å². The lowest BCUT2D eigenvalue weighted by Crippen LogP contribution is -2.35. The van der Waals surface area contributed by atoms with Crippen LogP contribution in [0.3, 0.4) is 0 Å². The number of nitrogens with one attached hydrogen (secondary N) is 1. The van der Waals surface area contributed by atoms with Crippen molar-refractivity contribution >= 4 is 5.91 Å². The van der Waals surface area contributed by atoms with Gasteiger partial charge >= 0.3 is 0 Å². The number of carbonyl (C=O) groups is 1. The first-order valence-corrected chi connectivity index (χ1v) is 6.86. The molecule has 0 aromatic heterocycles. The van der Waals surface area contributed by atoms with Crippen LogP contribution >= 0.6 is 0 Å². The average molecular weight is 280 g/mol. The van der Waals surface area contributed by atoms with E-state index in [-0.39, 0.29) is 11.7 Å². The summed E-state index contributed by atoms with van der Waals surface area (Å²) in [6, 6.07) is 5.13. The quantitative estimate of drug-likeness (QED) is 0.866. The zero-order chi connectivity index (χ0) is 14.7. The van der Waals surface area contributed by atoms with E-state index in [1.165, 1.54) is 29.9 Å². The van der Waals surface area contributed by atoms with Crippen LogP contribution in [0.1, 0.15) is 25.3 Å². The summed E-state index contributed by atoms with van der Waals surface area (Å²) < 4.78 is 19.1. The molecule has 1 atom stereocenters. The predicted molar refractivity (Wildman–Crippen MR) is 75.0 cm³/mol. The molecule has 0 radical (unpaired) electrons. The van der Waals surface area contributed by atoms with Crippen molar-refractivity contribution in [1.29, 1.82) is 0 Å². The summed E-state index contributed by atoms with van der Waals surface area (Å²) in [5.74, 6) is -0.105. The third-order valence-electron chi connectivity index (χ3n) is 3.20. The minimum atomic E-state index is -0.629. The summed E-state index contributed by atoms with van der Waals surface area (Å²) in [6.07, 6.45) is 1.75. The first-order valence-electron chi connectivity index (χ1n) is 6.86. The van der Waals surface area contributed by atoms with Crippen molar-refractivity contribution in [3.63, 3.8) is 0 Å². The Bertz CT molecular complexity index is 487. The molecule has 0 saturated heterocycles. The van der Waals surface area contributed by atoms with Crippen molar-refractivity contribution in [2.45, 2.75) is 38.5 Å². The number of benzene rings is 1. The molecule has 1 unspecified atom stereocenters. The summed E-state index contributed by atoms with van der Waals surface area (Å²) >= 11 is 0. The van der Waals surface area contributed by atoms with Gasteiger partial charge in [-0.2, -0.15) is 0 Å². The maximum absolute atomic E-state index is 13.6. The molecule has 1 amide bonds. The highest BCUT2D eigenvalue weighted by molar-refractivity contribution is 5.80. The normalized spacial score (nSPS) is 15.8. The van der Waals surface area contributed by atoms with Crippen LogP contribution < -0.4 is 10.1 Å². The fraction of sp³-hybridized carbons (Fsp3) is 0.533. The third kappa shape index (κ3) is 4.20. The second-order valence-electron chi connectivity index (χ2n) is 5.44. The lowest BCUT2D eigenvalue weighted by Gasteiger charge is -2.18. The molecule has 1 aliphatic carbocycles. The van der Waals surface area contributed by atoms with Gasteiger partial charge in [0.25, 0.3) is 5.91 Å². The van der Waals surface area contributed by atoms with Crippen molar-refractivity contribution in [3.05, 3.63) is 29.6 Å². The van der Waals surface area contributed by atoms with Crippen LogP contribution in [0, 0.1) is 5.82 Å². The van der Waals surface area contributed by atoms with E-state index >= 15 is 0 Å². The van der Waals surface area contributed by atoms with Crippen molar-refractivity contribution in [2.24, 2.45) is 0 Å². The van der Waals surface area contributed by atoms with E-state index in [1.54, 1.807) is 27.1 Å². The number of nitrogens with zero attached hydrogens (tertiary/aromatic N) is 1.